The van der Waals surface area contributed by atoms with Gasteiger partial charge in [0.25, 0.3) is 0 Å². The summed E-state index contributed by atoms with van der Waals surface area (Å²) < 4.78 is 2.03. The average Bonchev–Trinajstić information content (AvgIpc) is 3.05. The molecule has 0 bridgehead atoms. The Hall–Kier alpha value is -2.46. The third kappa shape index (κ3) is 2.21. The topological polar surface area (TPSA) is 79.4 Å². The molecule has 3 aromatic rings. The molecule has 0 radical (unpaired) electrons. The summed E-state index contributed by atoms with van der Waals surface area (Å²) >= 11 is 1.50. The minimum absolute atomic E-state index is 0.284. The summed E-state index contributed by atoms with van der Waals surface area (Å²) in [5, 5.41) is 21.8. The lowest BCUT2D eigenvalue weighted by molar-refractivity contribution is 0.754. The zero-order valence-corrected chi connectivity index (χ0v) is 11.7. The Bertz CT molecular complexity index is 782. The van der Waals surface area contributed by atoms with E-state index in [0.29, 0.717) is 6.54 Å². The van der Waals surface area contributed by atoms with Crippen LogP contribution in [0.15, 0.2) is 24.3 Å². The molecule has 0 aliphatic carbocycles. The van der Waals surface area contributed by atoms with Crippen LogP contribution in [0.5, 0.6) is 0 Å². The largest absolute Gasteiger partial charge is 0.363 e. The average molecular weight is 284 g/mol. The van der Waals surface area contributed by atoms with Crippen molar-refractivity contribution in [3.05, 3.63) is 35.1 Å². The van der Waals surface area contributed by atoms with Crippen LogP contribution in [0.25, 0.3) is 11.0 Å². The SMILES string of the molecule is CNc1nnc(Cn2c(CC#N)nc3ccccc32)s1. The highest BCUT2D eigenvalue weighted by molar-refractivity contribution is 7.15. The van der Waals surface area contributed by atoms with Crippen LogP contribution >= 0.6 is 11.3 Å². The van der Waals surface area contributed by atoms with Gasteiger partial charge in [-0.1, -0.05) is 23.5 Å². The lowest BCUT2D eigenvalue weighted by atomic mass is 10.3. The number of nitrogens with one attached hydrogen (secondary N) is 1. The number of fused-ring (bicyclic) bond motifs is 1. The maximum absolute atomic E-state index is 8.94. The molecule has 0 saturated carbocycles. The van der Waals surface area contributed by atoms with Crippen LogP contribution in [-0.2, 0) is 13.0 Å². The van der Waals surface area contributed by atoms with E-state index in [0.717, 1.165) is 27.0 Å². The van der Waals surface area contributed by atoms with Crippen molar-refractivity contribution in [2.45, 2.75) is 13.0 Å². The molecule has 3 rings (SSSR count). The van der Waals surface area contributed by atoms with Crippen molar-refractivity contribution >= 4 is 27.5 Å². The summed E-state index contributed by atoms with van der Waals surface area (Å²) in [6.45, 7) is 0.580. The molecule has 2 heterocycles. The molecule has 2 aromatic heterocycles. The number of rotatable bonds is 4. The standard InChI is InChI=1S/C13H12N6S/c1-15-13-18-17-12(20-13)8-19-10-5-3-2-4-9(10)16-11(19)6-7-14/h2-5H,6,8H2,1H3,(H,15,18). The van der Waals surface area contributed by atoms with Gasteiger partial charge in [0.2, 0.25) is 5.13 Å². The number of imidazole rings is 1. The Morgan fingerprint density at radius 2 is 2.20 bits per heavy atom. The van der Waals surface area contributed by atoms with Crippen molar-refractivity contribution in [1.29, 1.82) is 5.26 Å². The number of hydrogen-bond donors (Lipinski definition) is 1. The molecule has 100 valence electrons. The molecular formula is C13H12N6S. The molecule has 0 fully saturated rings. The molecule has 7 heteroatoms. The van der Waals surface area contributed by atoms with E-state index in [-0.39, 0.29) is 6.42 Å². The number of anilines is 1. The van der Waals surface area contributed by atoms with E-state index in [1.807, 2.05) is 35.9 Å². The van der Waals surface area contributed by atoms with Crippen LogP contribution in [0.3, 0.4) is 0 Å². The van der Waals surface area contributed by atoms with Gasteiger partial charge >= 0.3 is 0 Å². The molecule has 20 heavy (non-hydrogen) atoms. The lowest BCUT2D eigenvalue weighted by Gasteiger charge is -2.04. The van der Waals surface area contributed by atoms with Crippen molar-refractivity contribution in [1.82, 2.24) is 19.7 Å². The van der Waals surface area contributed by atoms with Crippen LogP contribution in [0.2, 0.25) is 0 Å². The third-order valence-electron chi connectivity index (χ3n) is 2.94. The second-order valence-electron chi connectivity index (χ2n) is 4.19. The predicted molar refractivity (Wildman–Crippen MR) is 77.6 cm³/mol. The second kappa shape index (κ2) is 5.27. The number of hydrogen-bond acceptors (Lipinski definition) is 6. The number of nitriles is 1. The van der Waals surface area contributed by atoms with Gasteiger partial charge in [-0.25, -0.2) is 4.98 Å². The van der Waals surface area contributed by atoms with Crippen LogP contribution in [0, 0.1) is 11.3 Å². The molecule has 0 amide bonds. The lowest BCUT2D eigenvalue weighted by Crippen LogP contribution is -2.04. The summed E-state index contributed by atoms with van der Waals surface area (Å²) in [5.41, 5.74) is 1.91. The molecule has 0 saturated heterocycles. The van der Waals surface area contributed by atoms with Crippen LogP contribution < -0.4 is 5.32 Å². The van der Waals surface area contributed by atoms with Gasteiger partial charge in [0.15, 0.2) is 0 Å². The molecule has 0 atom stereocenters. The first-order valence-electron chi connectivity index (χ1n) is 6.13. The Morgan fingerprint density at radius 1 is 1.35 bits per heavy atom. The van der Waals surface area contributed by atoms with Gasteiger partial charge < -0.3 is 9.88 Å². The Morgan fingerprint density at radius 3 is 2.95 bits per heavy atom. The molecule has 0 unspecified atom stereocenters. The van der Waals surface area contributed by atoms with E-state index in [1.165, 1.54) is 11.3 Å². The van der Waals surface area contributed by atoms with Gasteiger partial charge in [0, 0.05) is 7.05 Å². The Balaban J connectivity index is 2.04. The number of benzene rings is 1. The molecule has 6 nitrogen and oxygen atoms in total. The molecule has 0 aliphatic rings. The monoisotopic (exact) mass is 284 g/mol. The first-order chi connectivity index (χ1) is 9.81. The highest BCUT2D eigenvalue weighted by Gasteiger charge is 2.12. The predicted octanol–water partition coefficient (Wildman–Crippen LogP) is 2.04. The minimum Gasteiger partial charge on any atom is -0.363 e. The van der Waals surface area contributed by atoms with Crippen LogP contribution in [-0.4, -0.2) is 26.8 Å². The number of para-hydroxylation sites is 2. The Kier molecular flexibility index (Phi) is 3.31. The smallest absolute Gasteiger partial charge is 0.205 e. The highest BCUT2D eigenvalue weighted by atomic mass is 32.1. The van der Waals surface area contributed by atoms with Gasteiger partial charge in [-0.3, -0.25) is 0 Å². The van der Waals surface area contributed by atoms with E-state index in [2.05, 4.69) is 26.6 Å². The molecular weight excluding hydrogens is 272 g/mol. The fraction of sp³-hybridized carbons (Fsp3) is 0.231. The van der Waals surface area contributed by atoms with Crippen molar-refractivity contribution in [3.8, 4) is 6.07 Å². The molecule has 0 aliphatic heterocycles. The zero-order valence-electron chi connectivity index (χ0n) is 10.9. The first kappa shape index (κ1) is 12.6. The summed E-state index contributed by atoms with van der Waals surface area (Å²) in [7, 11) is 1.82. The fourth-order valence-corrected chi connectivity index (χ4v) is 2.74. The van der Waals surface area contributed by atoms with E-state index >= 15 is 0 Å². The first-order valence-corrected chi connectivity index (χ1v) is 6.94. The summed E-state index contributed by atoms with van der Waals surface area (Å²) in [5.74, 6) is 0.759. The summed E-state index contributed by atoms with van der Waals surface area (Å²) in [6.07, 6.45) is 0.284. The maximum Gasteiger partial charge on any atom is 0.205 e. The second-order valence-corrected chi connectivity index (χ2v) is 5.25. The molecule has 0 spiro atoms. The van der Waals surface area contributed by atoms with E-state index in [9.17, 15) is 0 Å². The van der Waals surface area contributed by atoms with Gasteiger partial charge in [-0.2, -0.15) is 5.26 Å². The maximum atomic E-state index is 8.94. The minimum atomic E-state index is 0.284. The van der Waals surface area contributed by atoms with Crippen molar-refractivity contribution in [3.63, 3.8) is 0 Å². The number of aromatic nitrogens is 4. The Labute approximate surface area is 119 Å². The quantitative estimate of drug-likeness (QED) is 0.793. The van der Waals surface area contributed by atoms with Gasteiger partial charge in [-0.05, 0) is 12.1 Å². The van der Waals surface area contributed by atoms with Gasteiger partial charge in [0.1, 0.15) is 10.8 Å². The van der Waals surface area contributed by atoms with Crippen molar-refractivity contribution in [2.24, 2.45) is 0 Å². The summed E-state index contributed by atoms with van der Waals surface area (Å²) in [6, 6.07) is 10.0. The third-order valence-corrected chi connectivity index (χ3v) is 3.87. The van der Waals surface area contributed by atoms with E-state index < -0.39 is 0 Å². The molecule has 1 aromatic carbocycles. The molecule has 1 N–H and O–H groups in total. The zero-order chi connectivity index (χ0) is 13.9. The van der Waals surface area contributed by atoms with Crippen molar-refractivity contribution in [2.75, 3.05) is 12.4 Å². The highest BCUT2D eigenvalue weighted by Crippen LogP contribution is 2.21. The van der Waals surface area contributed by atoms with Crippen LogP contribution in [0.1, 0.15) is 10.8 Å². The number of nitrogens with zero attached hydrogens (tertiary/aromatic N) is 5. The van der Waals surface area contributed by atoms with E-state index in [1.54, 1.807) is 0 Å². The van der Waals surface area contributed by atoms with Gasteiger partial charge in [0.05, 0.1) is 30.1 Å². The van der Waals surface area contributed by atoms with Crippen LogP contribution in [0.4, 0.5) is 5.13 Å². The van der Waals surface area contributed by atoms with Crippen molar-refractivity contribution < 1.29 is 0 Å². The summed E-state index contributed by atoms with van der Waals surface area (Å²) in [4.78, 5) is 4.51. The fourth-order valence-electron chi connectivity index (χ4n) is 2.06. The van der Waals surface area contributed by atoms with Gasteiger partial charge in [-0.15, -0.1) is 10.2 Å². The van der Waals surface area contributed by atoms with E-state index in [4.69, 9.17) is 5.26 Å². The normalized spacial score (nSPS) is 10.6.